The molecule has 6 nitrogen and oxygen atoms in total. The van der Waals surface area contributed by atoms with Crippen LogP contribution >= 0.6 is 0 Å². The minimum atomic E-state index is -3.67. The minimum Gasteiger partial charge on any atom is -0.447 e. The lowest BCUT2D eigenvalue weighted by atomic mass is 10.2. The van der Waals surface area contributed by atoms with Crippen LogP contribution in [0.4, 0.5) is 5.69 Å². The van der Waals surface area contributed by atoms with Crippen LogP contribution < -0.4 is 4.31 Å². The molecule has 0 amide bonds. The maximum absolute atomic E-state index is 12.5. The lowest BCUT2D eigenvalue weighted by Crippen LogP contribution is -2.26. The molecule has 7 heteroatoms. The monoisotopic (exact) mass is 330 g/mol. The van der Waals surface area contributed by atoms with Gasteiger partial charge in [-0.25, -0.2) is 13.2 Å². The Labute approximate surface area is 134 Å². The normalized spacial score (nSPS) is 10.6. The second-order valence-electron chi connectivity index (χ2n) is 4.57. The number of nitriles is 1. The average Bonchev–Trinajstić information content (AvgIpc) is 2.59. The Bertz CT molecular complexity index is 825. The maximum Gasteiger partial charge on any atom is 0.339 e. The van der Waals surface area contributed by atoms with Gasteiger partial charge < -0.3 is 4.74 Å². The van der Waals surface area contributed by atoms with Crippen LogP contribution in [-0.4, -0.2) is 28.0 Å². The van der Waals surface area contributed by atoms with Gasteiger partial charge in [0, 0.05) is 7.05 Å². The largest absolute Gasteiger partial charge is 0.447 e. The summed E-state index contributed by atoms with van der Waals surface area (Å²) >= 11 is 0. The fourth-order valence-electron chi connectivity index (χ4n) is 1.88. The molecule has 0 heterocycles. The predicted molar refractivity (Wildman–Crippen MR) is 84.4 cm³/mol. The van der Waals surface area contributed by atoms with Crippen molar-refractivity contribution in [3.8, 4) is 6.07 Å². The third kappa shape index (κ3) is 3.67. The SMILES string of the molecule is CN(c1ccc(C(=O)OCC#N)cc1)S(=O)(=O)c1ccccc1. The van der Waals surface area contributed by atoms with Gasteiger partial charge in [0.25, 0.3) is 10.0 Å². The van der Waals surface area contributed by atoms with Gasteiger partial charge in [-0.15, -0.1) is 0 Å². The Morgan fingerprint density at radius 1 is 1.13 bits per heavy atom. The molecule has 23 heavy (non-hydrogen) atoms. The summed E-state index contributed by atoms with van der Waals surface area (Å²) in [4.78, 5) is 11.8. The molecule has 0 aliphatic heterocycles. The average molecular weight is 330 g/mol. The second kappa shape index (κ2) is 6.94. The molecular weight excluding hydrogens is 316 g/mol. The third-order valence-electron chi connectivity index (χ3n) is 3.14. The standard InChI is InChI=1S/C16H14N2O4S/c1-18(23(20,21)15-5-3-2-4-6-15)14-9-7-13(8-10-14)16(19)22-12-11-17/h2-10H,12H2,1H3. The zero-order valence-electron chi connectivity index (χ0n) is 12.3. The molecular formula is C16H14N2O4S. The van der Waals surface area contributed by atoms with E-state index in [1.807, 2.05) is 0 Å². The number of carbonyl (C=O) groups excluding carboxylic acids is 1. The molecule has 0 N–H and O–H groups in total. The van der Waals surface area contributed by atoms with Crippen LogP contribution in [0, 0.1) is 11.3 Å². The van der Waals surface area contributed by atoms with Gasteiger partial charge in [-0.05, 0) is 36.4 Å². The van der Waals surface area contributed by atoms with Crippen molar-refractivity contribution < 1.29 is 17.9 Å². The predicted octanol–water partition coefficient (Wildman–Crippen LogP) is 2.19. The molecule has 0 saturated carbocycles. The Morgan fingerprint density at radius 2 is 1.74 bits per heavy atom. The summed E-state index contributed by atoms with van der Waals surface area (Å²) in [5.41, 5.74) is 0.653. The first-order valence-electron chi connectivity index (χ1n) is 6.65. The van der Waals surface area contributed by atoms with Crippen molar-refractivity contribution in [2.24, 2.45) is 0 Å². The van der Waals surface area contributed by atoms with Crippen molar-refractivity contribution in [1.82, 2.24) is 0 Å². The molecule has 0 unspecified atom stereocenters. The smallest absolute Gasteiger partial charge is 0.339 e. The number of ether oxygens (including phenoxy) is 1. The maximum atomic E-state index is 12.5. The van der Waals surface area contributed by atoms with Crippen LogP contribution in [0.25, 0.3) is 0 Å². The number of hydrogen-bond donors (Lipinski definition) is 0. The van der Waals surface area contributed by atoms with Crippen LogP contribution in [0.15, 0.2) is 59.5 Å². The van der Waals surface area contributed by atoms with Crippen LogP contribution in [0.2, 0.25) is 0 Å². The van der Waals surface area contributed by atoms with Crippen LogP contribution in [0.5, 0.6) is 0 Å². The highest BCUT2D eigenvalue weighted by Crippen LogP contribution is 2.22. The summed E-state index contributed by atoms with van der Waals surface area (Å²) in [5.74, 6) is -0.633. The number of carbonyl (C=O) groups is 1. The zero-order valence-corrected chi connectivity index (χ0v) is 13.2. The first kappa shape index (κ1) is 16.5. The van der Waals surface area contributed by atoms with Crippen molar-refractivity contribution in [3.05, 3.63) is 60.2 Å². The van der Waals surface area contributed by atoms with E-state index in [2.05, 4.69) is 4.74 Å². The molecule has 0 aromatic heterocycles. The highest BCUT2D eigenvalue weighted by atomic mass is 32.2. The highest BCUT2D eigenvalue weighted by Gasteiger charge is 2.21. The number of hydrogen-bond acceptors (Lipinski definition) is 5. The zero-order chi connectivity index (χ0) is 16.9. The van der Waals surface area contributed by atoms with Crippen LogP contribution in [-0.2, 0) is 14.8 Å². The number of sulfonamides is 1. The van der Waals surface area contributed by atoms with Gasteiger partial charge >= 0.3 is 5.97 Å². The van der Waals surface area contributed by atoms with E-state index in [4.69, 9.17) is 5.26 Å². The van der Waals surface area contributed by atoms with Gasteiger partial charge in [0.1, 0.15) is 6.07 Å². The van der Waals surface area contributed by atoms with E-state index >= 15 is 0 Å². The van der Waals surface area contributed by atoms with Gasteiger partial charge in [0.05, 0.1) is 16.1 Å². The van der Waals surface area contributed by atoms with Crippen molar-refractivity contribution in [1.29, 1.82) is 5.26 Å². The number of nitrogens with zero attached hydrogens (tertiary/aromatic N) is 2. The lowest BCUT2D eigenvalue weighted by Gasteiger charge is -2.19. The fourth-order valence-corrected chi connectivity index (χ4v) is 3.09. The molecule has 118 valence electrons. The topological polar surface area (TPSA) is 87.5 Å². The van der Waals surface area contributed by atoms with E-state index in [1.165, 1.54) is 43.4 Å². The molecule has 0 bridgehead atoms. The van der Waals surface area contributed by atoms with Crippen LogP contribution in [0.1, 0.15) is 10.4 Å². The molecule has 0 aliphatic carbocycles. The van der Waals surface area contributed by atoms with Crippen LogP contribution in [0.3, 0.4) is 0 Å². The second-order valence-corrected chi connectivity index (χ2v) is 6.54. The van der Waals surface area contributed by atoms with E-state index in [9.17, 15) is 13.2 Å². The first-order chi connectivity index (χ1) is 11.0. The Balaban J connectivity index is 2.22. The Morgan fingerprint density at radius 3 is 2.30 bits per heavy atom. The van der Waals surface area contributed by atoms with E-state index in [-0.39, 0.29) is 17.1 Å². The fraction of sp³-hybridized carbons (Fsp3) is 0.125. The summed E-state index contributed by atoms with van der Waals surface area (Å²) in [5, 5.41) is 8.38. The van der Waals surface area contributed by atoms with Gasteiger partial charge in [-0.1, -0.05) is 18.2 Å². The molecule has 0 fully saturated rings. The first-order valence-corrected chi connectivity index (χ1v) is 8.09. The molecule has 2 rings (SSSR count). The molecule has 2 aromatic carbocycles. The quantitative estimate of drug-likeness (QED) is 0.784. The van der Waals surface area contributed by atoms with Crippen molar-refractivity contribution in [2.45, 2.75) is 4.90 Å². The summed E-state index contributed by atoms with van der Waals surface area (Å²) in [6, 6.07) is 15.7. The van der Waals surface area contributed by atoms with Gasteiger partial charge in [-0.3, -0.25) is 4.31 Å². The lowest BCUT2D eigenvalue weighted by molar-refractivity contribution is 0.0555. The number of esters is 1. The molecule has 2 aromatic rings. The molecule has 0 radical (unpaired) electrons. The molecule has 0 saturated heterocycles. The summed E-state index contributed by atoms with van der Waals surface area (Å²) in [6.07, 6.45) is 0. The minimum absolute atomic E-state index is 0.181. The summed E-state index contributed by atoms with van der Waals surface area (Å²) in [7, 11) is -2.23. The van der Waals surface area contributed by atoms with E-state index in [0.29, 0.717) is 5.69 Å². The summed E-state index contributed by atoms with van der Waals surface area (Å²) < 4.78 is 30.8. The highest BCUT2D eigenvalue weighted by molar-refractivity contribution is 7.92. The van der Waals surface area contributed by atoms with Crippen molar-refractivity contribution >= 4 is 21.7 Å². The van der Waals surface area contributed by atoms with E-state index in [1.54, 1.807) is 24.3 Å². The van der Waals surface area contributed by atoms with E-state index < -0.39 is 16.0 Å². The summed E-state index contributed by atoms with van der Waals surface area (Å²) in [6.45, 7) is -0.330. The third-order valence-corrected chi connectivity index (χ3v) is 4.94. The molecule has 0 aliphatic rings. The number of anilines is 1. The Kier molecular flexibility index (Phi) is 4.98. The van der Waals surface area contributed by atoms with Crippen molar-refractivity contribution in [3.63, 3.8) is 0 Å². The number of benzene rings is 2. The van der Waals surface area contributed by atoms with Gasteiger partial charge in [0.15, 0.2) is 6.61 Å². The van der Waals surface area contributed by atoms with Gasteiger partial charge in [-0.2, -0.15) is 5.26 Å². The number of rotatable bonds is 5. The van der Waals surface area contributed by atoms with Crippen molar-refractivity contribution in [2.75, 3.05) is 18.0 Å². The van der Waals surface area contributed by atoms with Gasteiger partial charge in [0.2, 0.25) is 0 Å². The van der Waals surface area contributed by atoms with E-state index in [0.717, 1.165) is 4.31 Å². The molecule has 0 spiro atoms. The Hall–Kier alpha value is -2.85. The molecule has 0 atom stereocenters.